The Kier molecular flexibility index (Phi) is 6.72. The van der Waals surface area contributed by atoms with E-state index in [0.717, 1.165) is 24.3 Å². The number of amides is 2. The van der Waals surface area contributed by atoms with Crippen molar-refractivity contribution in [2.45, 2.75) is 25.1 Å². The lowest BCUT2D eigenvalue weighted by atomic mass is 10.0. The number of ether oxygens (including phenoxy) is 2. The highest BCUT2D eigenvalue weighted by atomic mass is 19.4. The minimum atomic E-state index is -4.44. The van der Waals surface area contributed by atoms with Crippen molar-refractivity contribution in [3.8, 4) is 11.5 Å². The molecule has 3 rings (SSSR count). The van der Waals surface area contributed by atoms with E-state index in [1.54, 1.807) is 23.1 Å². The number of nitrogens with zero attached hydrogens (tertiary/aromatic N) is 1. The van der Waals surface area contributed by atoms with Gasteiger partial charge in [0.05, 0.1) is 19.8 Å². The summed E-state index contributed by atoms with van der Waals surface area (Å²) in [5, 5.41) is 2.83. The standard InChI is InChI=1S/C22H23F3N2O4/c1-30-18-11-15(12-19(13-18)31-2)21(29)27-9-7-17(8-10-27)26-20(28)14-3-5-16(6-4-14)22(23,24)25/h3-6,11-13,17H,7-10H2,1-2H3,(H,26,28). The lowest BCUT2D eigenvalue weighted by Crippen LogP contribution is -2.46. The Morgan fingerprint density at radius 1 is 0.935 bits per heavy atom. The summed E-state index contributed by atoms with van der Waals surface area (Å²) in [4.78, 5) is 26.9. The van der Waals surface area contributed by atoms with Crippen molar-refractivity contribution in [3.05, 3.63) is 59.2 Å². The summed E-state index contributed by atoms with van der Waals surface area (Å²) < 4.78 is 48.4. The second-order valence-corrected chi connectivity index (χ2v) is 7.22. The van der Waals surface area contributed by atoms with Crippen molar-refractivity contribution < 1.29 is 32.2 Å². The van der Waals surface area contributed by atoms with Crippen molar-refractivity contribution in [1.29, 1.82) is 0 Å². The van der Waals surface area contributed by atoms with Gasteiger partial charge in [-0.3, -0.25) is 9.59 Å². The molecule has 0 unspecified atom stereocenters. The van der Waals surface area contributed by atoms with Crippen LogP contribution in [0.25, 0.3) is 0 Å². The molecule has 0 aromatic heterocycles. The van der Waals surface area contributed by atoms with E-state index < -0.39 is 17.6 Å². The first-order chi connectivity index (χ1) is 14.7. The molecule has 0 radical (unpaired) electrons. The van der Waals surface area contributed by atoms with Crippen LogP contribution in [-0.4, -0.2) is 50.1 Å². The van der Waals surface area contributed by atoms with E-state index in [2.05, 4.69) is 5.32 Å². The highest BCUT2D eigenvalue weighted by Gasteiger charge is 2.30. The average molecular weight is 436 g/mol. The highest BCUT2D eigenvalue weighted by Crippen LogP contribution is 2.29. The van der Waals surface area contributed by atoms with Crippen LogP contribution in [-0.2, 0) is 6.18 Å². The summed E-state index contributed by atoms with van der Waals surface area (Å²) in [6.07, 6.45) is -3.36. The van der Waals surface area contributed by atoms with Gasteiger partial charge < -0.3 is 19.7 Å². The molecule has 2 aromatic rings. The summed E-state index contributed by atoms with van der Waals surface area (Å²) in [5.74, 6) is 0.434. The van der Waals surface area contributed by atoms with Crippen LogP contribution in [0.4, 0.5) is 13.2 Å². The number of alkyl halides is 3. The summed E-state index contributed by atoms with van der Waals surface area (Å²) in [6.45, 7) is 0.882. The zero-order chi connectivity index (χ0) is 22.6. The van der Waals surface area contributed by atoms with Gasteiger partial charge in [-0.2, -0.15) is 13.2 Å². The van der Waals surface area contributed by atoms with Gasteiger partial charge in [-0.1, -0.05) is 0 Å². The van der Waals surface area contributed by atoms with Crippen LogP contribution in [0.3, 0.4) is 0 Å². The largest absolute Gasteiger partial charge is 0.497 e. The van der Waals surface area contributed by atoms with E-state index in [4.69, 9.17) is 9.47 Å². The normalized spacial score (nSPS) is 14.8. The molecule has 0 saturated carbocycles. The molecule has 0 bridgehead atoms. The van der Waals surface area contributed by atoms with Gasteiger partial charge in [0.2, 0.25) is 0 Å². The second-order valence-electron chi connectivity index (χ2n) is 7.22. The molecule has 6 nitrogen and oxygen atoms in total. The van der Waals surface area contributed by atoms with E-state index >= 15 is 0 Å². The fourth-order valence-electron chi connectivity index (χ4n) is 3.42. The topological polar surface area (TPSA) is 67.9 Å². The average Bonchev–Trinajstić information content (AvgIpc) is 2.78. The molecule has 0 spiro atoms. The molecule has 0 aliphatic carbocycles. The van der Waals surface area contributed by atoms with Gasteiger partial charge in [0.15, 0.2) is 0 Å². The first-order valence-electron chi connectivity index (χ1n) is 9.71. The fraction of sp³-hybridized carbons (Fsp3) is 0.364. The van der Waals surface area contributed by atoms with Gasteiger partial charge in [-0.05, 0) is 49.2 Å². The molecule has 9 heteroatoms. The van der Waals surface area contributed by atoms with Crippen LogP contribution < -0.4 is 14.8 Å². The Hall–Kier alpha value is -3.23. The first kappa shape index (κ1) is 22.5. The molecule has 1 N–H and O–H groups in total. The zero-order valence-corrected chi connectivity index (χ0v) is 17.2. The fourth-order valence-corrected chi connectivity index (χ4v) is 3.42. The van der Waals surface area contributed by atoms with E-state index in [9.17, 15) is 22.8 Å². The van der Waals surface area contributed by atoms with Crippen LogP contribution in [0, 0.1) is 0 Å². The van der Waals surface area contributed by atoms with Crippen LogP contribution in [0.2, 0.25) is 0 Å². The molecule has 1 fully saturated rings. The maximum absolute atomic E-state index is 12.8. The number of halogens is 3. The molecule has 0 atom stereocenters. The highest BCUT2D eigenvalue weighted by molar-refractivity contribution is 5.95. The van der Waals surface area contributed by atoms with Crippen molar-refractivity contribution in [1.82, 2.24) is 10.2 Å². The lowest BCUT2D eigenvalue weighted by Gasteiger charge is -2.32. The second kappa shape index (κ2) is 9.28. The van der Waals surface area contributed by atoms with E-state index in [1.807, 2.05) is 0 Å². The summed E-state index contributed by atoms with van der Waals surface area (Å²) in [6, 6.07) is 8.89. The van der Waals surface area contributed by atoms with E-state index in [1.165, 1.54) is 14.2 Å². The predicted molar refractivity (Wildman–Crippen MR) is 107 cm³/mol. The summed E-state index contributed by atoms with van der Waals surface area (Å²) in [7, 11) is 3.02. The maximum atomic E-state index is 12.8. The number of benzene rings is 2. The molecule has 2 amide bonds. The van der Waals surface area contributed by atoms with Gasteiger partial charge in [-0.25, -0.2) is 0 Å². The Morgan fingerprint density at radius 3 is 1.97 bits per heavy atom. The first-order valence-corrected chi connectivity index (χ1v) is 9.71. The van der Waals surface area contributed by atoms with Crippen LogP contribution in [0.15, 0.2) is 42.5 Å². The van der Waals surface area contributed by atoms with Gasteiger partial charge in [0.25, 0.3) is 11.8 Å². The van der Waals surface area contributed by atoms with Crippen molar-refractivity contribution in [2.75, 3.05) is 27.3 Å². The number of rotatable bonds is 5. The van der Waals surface area contributed by atoms with Gasteiger partial charge in [-0.15, -0.1) is 0 Å². The number of hydrogen-bond acceptors (Lipinski definition) is 4. The third-order valence-corrected chi connectivity index (χ3v) is 5.19. The molecule has 31 heavy (non-hydrogen) atoms. The SMILES string of the molecule is COc1cc(OC)cc(C(=O)N2CCC(NC(=O)c3ccc(C(F)(F)F)cc3)CC2)c1. The lowest BCUT2D eigenvalue weighted by molar-refractivity contribution is -0.137. The molecule has 1 aliphatic rings. The molecule has 1 aliphatic heterocycles. The van der Waals surface area contributed by atoms with Gasteiger partial charge >= 0.3 is 6.18 Å². The predicted octanol–water partition coefficient (Wildman–Crippen LogP) is 3.76. The quantitative estimate of drug-likeness (QED) is 0.775. The van der Waals surface area contributed by atoms with Gasteiger partial charge in [0, 0.05) is 36.3 Å². The van der Waals surface area contributed by atoms with Crippen molar-refractivity contribution >= 4 is 11.8 Å². The monoisotopic (exact) mass is 436 g/mol. The number of nitrogens with one attached hydrogen (secondary N) is 1. The summed E-state index contributed by atoms with van der Waals surface area (Å²) >= 11 is 0. The third-order valence-electron chi connectivity index (χ3n) is 5.19. The van der Waals surface area contributed by atoms with E-state index in [-0.39, 0.29) is 17.5 Å². The zero-order valence-electron chi connectivity index (χ0n) is 17.2. The number of carbonyl (C=O) groups is 2. The molecule has 2 aromatic carbocycles. The smallest absolute Gasteiger partial charge is 0.416 e. The maximum Gasteiger partial charge on any atom is 0.416 e. The molecular formula is C22H23F3N2O4. The Balaban J connectivity index is 1.57. The van der Waals surface area contributed by atoms with E-state index in [0.29, 0.717) is 43.0 Å². The molecule has 1 saturated heterocycles. The third kappa shape index (κ3) is 5.48. The molecular weight excluding hydrogens is 413 g/mol. The Morgan fingerprint density at radius 2 is 1.48 bits per heavy atom. The Bertz CT molecular complexity index is 915. The molecule has 166 valence electrons. The summed E-state index contributed by atoms with van der Waals surface area (Å²) in [5.41, 5.74) is -0.191. The minimum Gasteiger partial charge on any atom is -0.497 e. The van der Waals surface area contributed by atoms with Gasteiger partial charge in [0.1, 0.15) is 11.5 Å². The Labute approximate surface area is 177 Å². The number of carbonyl (C=O) groups excluding carboxylic acids is 2. The van der Waals surface area contributed by atoms with Crippen molar-refractivity contribution in [2.24, 2.45) is 0 Å². The minimum absolute atomic E-state index is 0.162. The molecule has 1 heterocycles. The van der Waals surface area contributed by atoms with Crippen LogP contribution in [0.5, 0.6) is 11.5 Å². The number of hydrogen-bond donors (Lipinski definition) is 1. The van der Waals surface area contributed by atoms with Crippen molar-refractivity contribution in [3.63, 3.8) is 0 Å². The number of methoxy groups -OCH3 is 2. The number of piperidine rings is 1. The number of likely N-dealkylation sites (tertiary alicyclic amines) is 1. The van der Waals surface area contributed by atoms with Crippen LogP contribution >= 0.6 is 0 Å². The van der Waals surface area contributed by atoms with Crippen LogP contribution in [0.1, 0.15) is 39.1 Å².